The predicted octanol–water partition coefficient (Wildman–Crippen LogP) is 3.12. The number of hydrogen-bond acceptors (Lipinski definition) is 5. The van der Waals surface area contributed by atoms with Gasteiger partial charge in [-0.25, -0.2) is 0 Å². The first kappa shape index (κ1) is 15.0. The Bertz CT molecular complexity index is 571. The zero-order chi connectivity index (χ0) is 14.5. The molecule has 0 fully saturated rings. The highest BCUT2D eigenvalue weighted by Gasteiger charge is 2.16. The summed E-state index contributed by atoms with van der Waals surface area (Å²) in [5.41, 5.74) is 7.79. The van der Waals surface area contributed by atoms with Crippen molar-refractivity contribution >= 4 is 11.6 Å². The van der Waals surface area contributed by atoms with E-state index in [1.165, 1.54) is 0 Å². The van der Waals surface area contributed by atoms with Crippen LogP contribution in [-0.4, -0.2) is 23.4 Å². The molecule has 2 aromatic rings. The monoisotopic (exact) mass is 295 g/mol. The van der Waals surface area contributed by atoms with Gasteiger partial charge in [-0.1, -0.05) is 23.7 Å². The molecule has 1 unspecified atom stereocenters. The summed E-state index contributed by atoms with van der Waals surface area (Å²) < 4.78 is 10.6. The maximum atomic E-state index is 5.96. The number of nitrogens with zero attached hydrogens (tertiary/aromatic N) is 2. The lowest BCUT2D eigenvalue weighted by Crippen LogP contribution is -2.18. The summed E-state index contributed by atoms with van der Waals surface area (Å²) in [7, 11) is 0. The van der Waals surface area contributed by atoms with Crippen molar-refractivity contribution in [3.8, 4) is 11.5 Å². The van der Waals surface area contributed by atoms with Crippen LogP contribution >= 0.6 is 11.6 Å². The maximum absolute atomic E-state index is 5.96. The number of benzene rings is 1. The van der Waals surface area contributed by atoms with Crippen molar-refractivity contribution in [3.05, 3.63) is 34.6 Å². The number of ether oxygens (including phenoxy) is 1. The molecule has 0 radical (unpaired) electrons. The number of hydrogen-bond donors (Lipinski definition) is 1. The third kappa shape index (κ3) is 3.56. The fraction of sp³-hybridized carbons (Fsp3) is 0.429. The number of nitrogens with two attached hydrogens (primary N) is 1. The van der Waals surface area contributed by atoms with Gasteiger partial charge < -0.3 is 15.0 Å². The fourth-order valence-electron chi connectivity index (χ4n) is 1.79. The molecule has 0 saturated heterocycles. The molecule has 2 N–H and O–H groups in total. The summed E-state index contributed by atoms with van der Waals surface area (Å²) in [6, 6.07) is 5.11. The van der Waals surface area contributed by atoms with Crippen molar-refractivity contribution in [2.45, 2.75) is 26.3 Å². The summed E-state index contributed by atoms with van der Waals surface area (Å²) >= 11 is 5.93. The van der Waals surface area contributed by atoms with Crippen LogP contribution in [0, 0.1) is 6.92 Å². The van der Waals surface area contributed by atoms with Gasteiger partial charge in [-0.2, -0.15) is 4.98 Å². The second-order valence-electron chi connectivity index (χ2n) is 4.60. The fourth-order valence-corrected chi connectivity index (χ4v) is 2.02. The van der Waals surface area contributed by atoms with Crippen LogP contribution < -0.4 is 5.73 Å². The SMILES string of the molecule is CCCOCC(N)c1noc(-c2ccc(Cl)cc2C)n1. The molecule has 1 aromatic heterocycles. The van der Waals surface area contributed by atoms with Gasteiger partial charge >= 0.3 is 0 Å². The van der Waals surface area contributed by atoms with E-state index in [-0.39, 0.29) is 6.04 Å². The minimum absolute atomic E-state index is 0.381. The van der Waals surface area contributed by atoms with E-state index < -0.39 is 0 Å². The van der Waals surface area contributed by atoms with Crippen LogP contribution in [0.5, 0.6) is 0 Å². The molecule has 0 bridgehead atoms. The van der Waals surface area contributed by atoms with Crippen LogP contribution in [0.25, 0.3) is 11.5 Å². The molecule has 1 heterocycles. The van der Waals surface area contributed by atoms with Gasteiger partial charge in [0, 0.05) is 17.2 Å². The summed E-state index contributed by atoms with van der Waals surface area (Å²) in [5, 5.41) is 4.59. The molecule has 2 rings (SSSR count). The van der Waals surface area contributed by atoms with Gasteiger partial charge in [-0.05, 0) is 37.1 Å². The van der Waals surface area contributed by atoms with Crippen molar-refractivity contribution in [3.63, 3.8) is 0 Å². The topological polar surface area (TPSA) is 74.2 Å². The molecule has 5 nitrogen and oxygen atoms in total. The van der Waals surface area contributed by atoms with Gasteiger partial charge in [0.15, 0.2) is 5.82 Å². The molecule has 6 heteroatoms. The smallest absolute Gasteiger partial charge is 0.258 e. The highest BCUT2D eigenvalue weighted by atomic mass is 35.5. The van der Waals surface area contributed by atoms with Gasteiger partial charge in [0.25, 0.3) is 5.89 Å². The number of aryl methyl sites for hydroxylation is 1. The Morgan fingerprint density at radius 1 is 1.45 bits per heavy atom. The third-order valence-corrected chi connectivity index (χ3v) is 3.07. The first-order valence-electron chi connectivity index (χ1n) is 6.55. The lowest BCUT2D eigenvalue weighted by atomic mass is 10.1. The van der Waals surface area contributed by atoms with Crippen LogP contribution in [0.4, 0.5) is 0 Å². The first-order valence-corrected chi connectivity index (χ1v) is 6.93. The second kappa shape index (κ2) is 6.83. The molecule has 0 saturated carbocycles. The summed E-state index contributed by atoms with van der Waals surface area (Å²) in [5.74, 6) is 0.894. The molecular formula is C14H18ClN3O2. The van der Waals surface area contributed by atoms with Gasteiger partial charge in [0.1, 0.15) is 0 Å². The van der Waals surface area contributed by atoms with E-state index in [2.05, 4.69) is 10.1 Å². The lowest BCUT2D eigenvalue weighted by molar-refractivity contribution is 0.119. The lowest BCUT2D eigenvalue weighted by Gasteiger charge is -2.06. The highest BCUT2D eigenvalue weighted by Crippen LogP contribution is 2.25. The molecule has 0 aliphatic heterocycles. The third-order valence-electron chi connectivity index (χ3n) is 2.84. The second-order valence-corrected chi connectivity index (χ2v) is 5.03. The Morgan fingerprint density at radius 2 is 2.25 bits per heavy atom. The molecule has 0 aliphatic carbocycles. The zero-order valence-corrected chi connectivity index (χ0v) is 12.4. The van der Waals surface area contributed by atoms with Gasteiger partial charge in [0.05, 0.1) is 12.6 Å². The van der Waals surface area contributed by atoms with E-state index in [0.717, 1.165) is 17.5 Å². The van der Waals surface area contributed by atoms with Crippen molar-refractivity contribution in [2.24, 2.45) is 5.73 Å². The van der Waals surface area contributed by atoms with Crippen LogP contribution in [0.15, 0.2) is 22.7 Å². The predicted molar refractivity (Wildman–Crippen MR) is 77.5 cm³/mol. The molecule has 0 spiro atoms. The Morgan fingerprint density at radius 3 is 2.95 bits per heavy atom. The molecular weight excluding hydrogens is 278 g/mol. The van der Waals surface area contributed by atoms with Crippen molar-refractivity contribution in [2.75, 3.05) is 13.2 Å². The summed E-state index contributed by atoms with van der Waals surface area (Å²) in [4.78, 5) is 4.32. The average molecular weight is 296 g/mol. The normalized spacial score (nSPS) is 12.6. The van der Waals surface area contributed by atoms with Gasteiger partial charge in [-0.3, -0.25) is 0 Å². The highest BCUT2D eigenvalue weighted by molar-refractivity contribution is 6.30. The van der Waals surface area contributed by atoms with E-state index >= 15 is 0 Å². The molecule has 1 atom stereocenters. The molecule has 0 amide bonds. The van der Waals surface area contributed by atoms with Gasteiger partial charge in [-0.15, -0.1) is 0 Å². The van der Waals surface area contributed by atoms with Crippen molar-refractivity contribution < 1.29 is 9.26 Å². The Balaban J connectivity index is 2.12. The Hall–Kier alpha value is -1.43. The minimum atomic E-state index is -0.383. The van der Waals surface area contributed by atoms with E-state index in [1.807, 2.05) is 26.0 Å². The van der Waals surface area contributed by atoms with Crippen molar-refractivity contribution in [1.82, 2.24) is 10.1 Å². The van der Waals surface area contributed by atoms with Crippen molar-refractivity contribution in [1.29, 1.82) is 0 Å². The largest absolute Gasteiger partial charge is 0.379 e. The van der Waals surface area contributed by atoms with E-state index in [4.69, 9.17) is 26.6 Å². The maximum Gasteiger partial charge on any atom is 0.258 e. The van der Waals surface area contributed by atoms with Gasteiger partial charge in [0.2, 0.25) is 0 Å². The minimum Gasteiger partial charge on any atom is -0.379 e. The molecule has 20 heavy (non-hydrogen) atoms. The molecule has 0 aliphatic rings. The van der Waals surface area contributed by atoms with Crippen LogP contribution in [0.2, 0.25) is 5.02 Å². The first-order chi connectivity index (χ1) is 9.61. The average Bonchev–Trinajstić information content (AvgIpc) is 2.88. The van der Waals surface area contributed by atoms with Crippen LogP contribution in [0.3, 0.4) is 0 Å². The van der Waals surface area contributed by atoms with E-state index in [0.29, 0.717) is 30.0 Å². The summed E-state index contributed by atoms with van der Waals surface area (Å²) in [6.07, 6.45) is 0.953. The van der Waals surface area contributed by atoms with E-state index in [9.17, 15) is 0 Å². The van der Waals surface area contributed by atoms with Crippen LogP contribution in [-0.2, 0) is 4.74 Å². The Kier molecular flexibility index (Phi) is 5.11. The van der Waals surface area contributed by atoms with Crippen LogP contribution in [0.1, 0.15) is 30.8 Å². The number of rotatable bonds is 6. The molecule has 108 valence electrons. The Labute approximate surface area is 123 Å². The summed E-state index contributed by atoms with van der Waals surface area (Å²) in [6.45, 7) is 5.04. The quantitative estimate of drug-likeness (QED) is 0.829. The van der Waals surface area contributed by atoms with E-state index in [1.54, 1.807) is 6.07 Å². The number of halogens is 1. The zero-order valence-electron chi connectivity index (χ0n) is 11.6. The number of aromatic nitrogens is 2. The molecule has 1 aromatic carbocycles. The standard InChI is InChI=1S/C14H18ClN3O2/c1-3-6-19-8-12(16)13-17-14(20-18-13)11-5-4-10(15)7-9(11)2/h4-5,7,12H,3,6,8,16H2,1-2H3.